The fraction of sp³-hybridized carbons (Fsp3) is 0.231. The third kappa shape index (κ3) is 3.63. The van der Waals surface area contributed by atoms with Crippen LogP contribution in [0.3, 0.4) is 0 Å². The summed E-state index contributed by atoms with van der Waals surface area (Å²) in [5.41, 5.74) is 1.73. The molecule has 0 aliphatic rings. The lowest BCUT2D eigenvalue weighted by Crippen LogP contribution is -1.88. The fourth-order valence-electron chi connectivity index (χ4n) is 1.35. The minimum atomic E-state index is -1.55. The summed E-state index contributed by atoms with van der Waals surface area (Å²) in [6.45, 7) is 5.87. The van der Waals surface area contributed by atoms with Crippen molar-refractivity contribution in [3.63, 3.8) is 0 Å². The summed E-state index contributed by atoms with van der Waals surface area (Å²) in [5.74, 6) is 4.47. The van der Waals surface area contributed by atoms with Crippen molar-refractivity contribution in [3.05, 3.63) is 36.4 Å². The van der Waals surface area contributed by atoms with Gasteiger partial charge in [-0.2, -0.15) is 5.87 Å². The average molecular weight is 266 g/mol. The van der Waals surface area contributed by atoms with Crippen LogP contribution in [0, 0.1) is 6.92 Å². The number of aryl methyl sites for hydroxylation is 1. The lowest BCUT2D eigenvalue weighted by atomic mass is 10.1. The van der Waals surface area contributed by atoms with E-state index >= 15 is 0 Å². The van der Waals surface area contributed by atoms with E-state index in [1.807, 2.05) is 32.9 Å². The first-order valence-corrected chi connectivity index (χ1v) is 6.81. The van der Waals surface area contributed by atoms with Crippen molar-refractivity contribution in [2.24, 2.45) is 0 Å². The van der Waals surface area contributed by atoms with Gasteiger partial charge in [-0.3, -0.25) is 0 Å². The van der Waals surface area contributed by atoms with Crippen LogP contribution in [0.5, 0.6) is 5.75 Å². The predicted molar refractivity (Wildman–Crippen MR) is 73.8 cm³/mol. The quantitative estimate of drug-likeness (QED) is 0.631. The summed E-state index contributed by atoms with van der Waals surface area (Å²) in [5, 5.41) is 0. The fourth-order valence-corrected chi connectivity index (χ4v) is 1.67. The predicted octanol–water partition coefficient (Wildman–Crippen LogP) is 3.37. The molecule has 1 heterocycles. The number of nitrogens with zero attached hydrogens (tertiary/aromatic N) is 1. The second-order valence-electron chi connectivity index (χ2n) is 3.18. The van der Waals surface area contributed by atoms with E-state index < -0.39 is 10.7 Å². The van der Waals surface area contributed by atoms with Crippen molar-refractivity contribution >= 4 is 16.5 Å². The minimum absolute atomic E-state index is 0.509. The molecule has 1 aromatic heterocycles. The number of aromatic nitrogens is 1. The average Bonchev–Trinajstić information content (AvgIpc) is 2.78. The highest BCUT2D eigenvalue weighted by Crippen LogP contribution is 2.24. The van der Waals surface area contributed by atoms with Gasteiger partial charge in [-0.05, 0) is 31.2 Å². The zero-order valence-corrected chi connectivity index (χ0v) is 11.5. The highest BCUT2D eigenvalue weighted by molar-refractivity contribution is 7.77. The molecule has 4 nitrogen and oxygen atoms in total. The van der Waals surface area contributed by atoms with E-state index in [1.54, 1.807) is 12.1 Å². The SMILES string of the molecule is C=[S-](=O)Oc1ccc(-c2ocnc2C)cc1.CC. The van der Waals surface area contributed by atoms with Gasteiger partial charge in [0.2, 0.25) is 0 Å². The van der Waals surface area contributed by atoms with Gasteiger partial charge in [0.05, 0.1) is 11.4 Å². The molecule has 0 aliphatic heterocycles. The Bertz CT molecular complexity index is 548. The molecule has 18 heavy (non-hydrogen) atoms. The Balaban J connectivity index is 0.000000771. The van der Waals surface area contributed by atoms with Gasteiger partial charge in [0.15, 0.2) is 12.2 Å². The maximum atomic E-state index is 10.7. The van der Waals surface area contributed by atoms with Crippen LogP contribution in [0.15, 0.2) is 35.1 Å². The molecule has 0 saturated carbocycles. The molecule has 0 saturated heterocycles. The third-order valence-corrected chi connectivity index (χ3v) is 2.43. The molecule has 0 aliphatic carbocycles. The topological polar surface area (TPSA) is 52.3 Å². The molecular formula is C13H16NO3S-. The zero-order chi connectivity index (χ0) is 13.5. The zero-order valence-electron chi connectivity index (χ0n) is 10.7. The standard InChI is InChI=1S/C11H10NO3S.C2H6/c1-8-11(14-7-12-8)9-3-5-10(6-4-9)15-16(2)13;1-2/h3-7H,2H2,1H3;1-2H3/q-1;. The molecule has 1 aromatic carbocycles. The molecule has 0 radical (unpaired) electrons. The van der Waals surface area contributed by atoms with Crippen molar-refractivity contribution in [2.45, 2.75) is 20.8 Å². The van der Waals surface area contributed by atoms with Crippen molar-refractivity contribution in [3.8, 4) is 17.1 Å². The monoisotopic (exact) mass is 266 g/mol. The Kier molecular flexibility index (Phi) is 5.45. The van der Waals surface area contributed by atoms with Crippen molar-refractivity contribution in [1.29, 1.82) is 0 Å². The Morgan fingerprint density at radius 3 is 2.33 bits per heavy atom. The molecular weight excluding hydrogens is 250 g/mol. The molecule has 2 aromatic rings. The lowest BCUT2D eigenvalue weighted by molar-refractivity contribution is 0.535. The van der Waals surface area contributed by atoms with Gasteiger partial charge in [-0.1, -0.05) is 13.8 Å². The maximum Gasteiger partial charge on any atom is 0.181 e. The minimum Gasteiger partial charge on any atom is -0.561 e. The second kappa shape index (κ2) is 6.86. The van der Waals surface area contributed by atoms with Gasteiger partial charge in [0, 0.05) is 5.56 Å². The van der Waals surface area contributed by atoms with Crippen LogP contribution in [0.4, 0.5) is 0 Å². The Labute approximate surface area is 109 Å². The van der Waals surface area contributed by atoms with Gasteiger partial charge in [-0.15, -0.1) is 10.7 Å². The highest BCUT2D eigenvalue weighted by Gasteiger charge is 2.05. The van der Waals surface area contributed by atoms with Crippen molar-refractivity contribution in [2.75, 3.05) is 0 Å². The number of hydrogen-bond donors (Lipinski definition) is 0. The first kappa shape index (κ1) is 14.3. The van der Waals surface area contributed by atoms with E-state index in [0.717, 1.165) is 17.0 Å². The van der Waals surface area contributed by atoms with Crippen LogP contribution < -0.4 is 4.18 Å². The van der Waals surface area contributed by atoms with E-state index in [4.69, 9.17) is 8.60 Å². The van der Waals surface area contributed by atoms with Crippen LogP contribution in [0.25, 0.3) is 11.3 Å². The first-order chi connectivity index (χ1) is 8.66. The van der Waals surface area contributed by atoms with E-state index in [0.29, 0.717) is 5.75 Å². The summed E-state index contributed by atoms with van der Waals surface area (Å²) in [6.07, 6.45) is 1.40. The van der Waals surface area contributed by atoms with Crippen LogP contribution in [-0.4, -0.2) is 10.9 Å². The van der Waals surface area contributed by atoms with Crippen LogP contribution in [-0.2, 0) is 14.9 Å². The largest absolute Gasteiger partial charge is 0.561 e. The van der Waals surface area contributed by atoms with E-state index in [-0.39, 0.29) is 0 Å². The van der Waals surface area contributed by atoms with Gasteiger partial charge >= 0.3 is 0 Å². The van der Waals surface area contributed by atoms with Crippen LogP contribution in [0.1, 0.15) is 19.5 Å². The van der Waals surface area contributed by atoms with E-state index in [2.05, 4.69) is 10.9 Å². The lowest BCUT2D eigenvalue weighted by Gasteiger charge is -2.08. The smallest absolute Gasteiger partial charge is 0.181 e. The Morgan fingerprint density at radius 2 is 1.89 bits per heavy atom. The summed E-state index contributed by atoms with van der Waals surface area (Å²) in [4.78, 5) is 4.01. The molecule has 0 fully saturated rings. The highest BCUT2D eigenvalue weighted by atomic mass is 32.2. The molecule has 98 valence electrons. The summed E-state index contributed by atoms with van der Waals surface area (Å²) >= 11 is 0. The number of rotatable bonds is 3. The molecule has 0 bridgehead atoms. The summed E-state index contributed by atoms with van der Waals surface area (Å²) in [6, 6.07) is 7.05. The Hall–Kier alpha value is -1.75. The molecule has 5 heteroatoms. The number of hydrogen-bond acceptors (Lipinski definition) is 5. The van der Waals surface area contributed by atoms with Gasteiger partial charge in [0.1, 0.15) is 0 Å². The number of benzene rings is 1. The molecule has 2 rings (SSSR count). The van der Waals surface area contributed by atoms with Crippen molar-refractivity contribution in [1.82, 2.24) is 4.98 Å². The van der Waals surface area contributed by atoms with Gasteiger partial charge in [0.25, 0.3) is 0 Å². The van der Waals surface area contributed by atoms with Gasteiger partial charge in [-0.25, -0.2) is 4.98 Å². The van der Waals surface area contributed by atoms with Crippen LogP contribution in [0.2, 0.25) is 0 Å². The molecule has 0 spiro atoms. The molecule has 0 unspecified atom stereocenters. The maximum absolute atomic E-state index is 10.7. The van der Waals surface area contributed by atoms with E-state index in [1.165, 1.54) is 6.39 Å². The summed E-state index contributed by atoms with van der Waals surface area (Å²) < 4.78 is 20.9. The van der Waals surface area contributed by atoms with Gasteiger partial charge < -0.3 is 12.8 Å². The van der Waals surface area contributed by atoms with Crippen LogP contribution >= 0.6 is 0 Å². The third-order valence-electron chi connectivity index (χ3n) is 2.05. The number of oxazole rings is 1. The normalized spacial score (nSPS) is 9.78. The van der Waals surface area contributed by atoms with Crippen molar-refractivity contribution < 1.29 is 12.8 Å². The molecule has 0 atom stereocenters. The van der Waals surface area contributed by atoms with E-state index in [9.17, 15) is 4.21 Å². The molecule has 0 N–H and O–H groups in total. The second-order valence-corrected chi connectivity index (χ2v) is 3.95. The molecule has 0 amide bonds. The summed E-state index contributed by atoms with van der Waals surface area (Å²) in [7, 11) is -1.55. The Morgan fingerprint density at radius 1 is 1.28 bits per heavy atom. The first-order valence-electron chi connectivity index (χ1n) is 5.57.